The summed E-state index contributed by atoms with van der Waals surface area (Å²) in [6, 6.07) is 6.14. The van der Waals surface area contributed by atoms with E-state index in [9.17, 15) is 0 Å². The van der Waals surface area contributed by atoms with Crippen LogP contribution in [0.25, 0.3) is 0 Å². The van der Waals surface area contributed by atoms with Gasteiger partial charge in [0.05, 0.1) is 14.2 Å². The van der Waals surface area contributed by atoms with Crippen LogP contribution >= 0.6 is 0 Å². The number of unbranched alkanes of at least 4 members (excludes halogenated alkanes) is 1. The standard InChI is InChI=1S/C25H41NO3/c1-25(2)21-9-8-20(22(25)18-21)12-16-29-15-6-5-13-26-14-11-19-7-10-23(27-3)24(17-19)28-4/h7,10,17,20-22,26H,5-6,8-9,11-16,18H2,1-4H3/t20-,21-,22+/m0/s1. The Balaban J connectivity index is 1.17. The van der Waals surface area contributed by atoms with Crippen LogP contribution in [0, 0.1) is 23.2 Å². The van der Waals surface area contributed by atoms with E-state index in [4.69, 9.17) is 14.2 Å². The lowest BCUT2D eigenvalue weighted by atomic mass is 9.45. The van der Waals surface area contributed by atoms with Gasteiger partial charge in [0.25, 0.3) is 0 Å². The van der Waals surface area contributed by atoms with Crippen LogP contribution < -0.4 is 14.8 Å². The first-order valence-electron chi connectivity index (χ1n) is 11.6. The Morgan fingerprint density at radius 1 is 1.00 bits per heavy atom. The third-order valence-corrected chi connectivity index (χ3v) is 7.56. The van der Waals surface area contributed by atoms with E-state index in [-0.39, 0.29) is 0 Å². The molecule has 0 radical (unpaired) electrons. The molecule has 0 amide bonds. The van der Waals surface area contributed by atoms with E-state index in [1.807, 2.05) is 6.07 Å². The van der Waals surface area contributed by atoms with Crippen molar-refractivity contribution < 1.29 is 14.2 Å². The maximum atomic E-state index is 5.94. The second-order valence-electron chi connectivity index (χ2n) is 9.50. The highest BCUT2D eigenvalue weighted by atomic mass is 16.5. The minimum Gasteiger partial charge on any atom is -0.493 e. The minimum absolute atomic E-state index is 0.603. The summed E-state index contributed by atoms with van der Waals surface area (Å²) in [5.41, 5.74) is 1.87. The van der Waals surface area contributed by atoms with Crippen molar-refractivity contribution in [3.05, 3.63) is 23.8 Å². The fraction of sp³-hybridized carbons (Fsp3) is 0.760. The largest absolute Gasteiger partial charge is 0.493 e. The molecule has 3 saturated carbocycles. The number of ether oxygens (including phenoxy) is 3. The average molecular weight is 404 g/mol. The van der Waals surface area contributed by atoms with E-state index in [1.165, 1.54) is 37.7 Å². The van der Waals surface area contributed by atoms with Gasteiger partial charge in [0.2, 0.25) is 0 Å². The maximum absolute atomic E-state index is 5.94. The van der Waals surface area contributed by atoms with E-state index in [0.29, 0.717) is 5.41 Å². The average Bonchev–Trinajstić information content (AvgIpc) is 2.74. The van der Waals surface area contributed by atoms with Gasteiger partial charge in [-0.05, 0) is 98.9 Å². The van der Waals surface area contributed by atoms with Gasteiger partial charge in [0.15, 0.2) is 11.5 Å². The predicted molar refractivity (Wildman–Crippen MR) is 119 cm³/mol. The third kappa shape index (κ3) is 5.67. The van der Waals surface area contributed by atoms with Crippen LogP contribution in [0.2, 0.25) is 0 Å². The number of hydrogen-bond donors (Lipinski definition) is 1. The van der Waals surface area contributed by atoms with Crippen LogP contribution in [0.4, 0.5) is 0 Å². The zero-order valence-electron chi connectivity index (χ0n) is 19.0. The molecule has 0 aromatic heterocycles. The molecule has 1 N–H and O–H groups in total. The highest BCUT2D eigenvalue weighted by Crippen LogP contribution is 2.61. The van der Waals surface area contributed by atoms with Gasteiger partial charge in [-0.3, -0.25) is 0 Å². The summed E-state index contributed by atoms with van der Waals surface area (Å²) >= 11 is 0. The third-order valence-electron chi connectivity index (χ3n) is 7.56. The Labute approximate surface area is 177 Å². The fourth-order valence-electron chi connectivity index (χ4n) is 5.49. The number of fused-ring (bicyclic) bond motifs is 2. The molecule has 2 bridgehead atoms. The van der Waals surface area contributed by atoms with Crippen molar-refractivity contribution in [1.82, 2.24) is 5.32 Å². The van der Waals surface area contributed by atoms with Crippen molar-refractivity contribution in [2.45, 2.75) is 58.8 Å². The van der Waals surface area contributed by atoms with Crippen LogP contribution in [-0.4, -0.2) is 40.5 Å². The first kappa shape index (κ1) is 22.4. The van der Waals surface area contributed by atoms with Crippen LogP contribution in [0.1, 0.15) is 57.9 Å². The SMILES string of the molecule is COc1ccc(CCNCCCCOCC[C@@H]2CC[C@H]3C[C@H]2C3(C)C)cc1OC. The highest BCUT2D eigenvalue weighted by Gasteiger charge is 2.53. The first-order valence-corrected chi connectivity index (χ1v) is 11.6. The van der Waals surface area contributed by atoms with Crippen molar-refractivity contribution in [2.24, 2.45) is 23.2 Å². The Hall–Kier alpha value is -1.26. The Morgan fingerprint density at radius 3 is 2.55 bits per heavy atom. The van der Waals surface area contributed by atoms with E-state index in [2.05, 4.69) is 31.3 Å². The van der Waals surface area contributed by atoms with Crippen molar-refractivity contribution in [3.63, 3.8) is 0 Å². The normalized spacial score (nSPS) is 24.8. The first-order chi connectivity index (χ1) is 14.1. The zero-order chi connectivity index (χ0) is 20.7. The van der Waals surface area contributed by atoms with Crippen molar-refractivity contribution in [1.29, 1.82) is 0 Å². The number of methoxy groups -OCH3 is 2. The summed E-state index contributed by atoms with van der Waals surface area (Å²) in [7, 11) is 3.35. The van der Waals surface area contributed by atoms with Gasteiger partial charge in [0, 0.05) is 13.2 Å². The van der Waals surface area contributed by atoms with Gasteiger partial charge in [-0.25, -0.2) is 0 Å². The number of hydrogen-bond acceptors (Lipinski definition) is 4. The van der Waals surface area contributed by atoms with Crippen molar-refractivity contribution >= 4 is 0 Å². The molecule has 3 aliphatic carbocycles. The van der Waals surface area contributed by atoms with Crippen LogP contribution in [0.15, 0.2) is 18.2 Å². The van der Waals surface area contributed by atoms with E-state index in [1.54, 1.807) is 14.2 Å². The molecule has 3 atom stereocenters. The quantitative estimate of drug-likeness (QED) is 0.465. The second kappa shape index (κ2) is 10.7. The van der Waals surface area contributed by atoms with Gasteiger partial charge in [-0.2, -0.15) is 0 Å². The predicted octanol–water partition coefficient (Wildman–Crippen LogP) is 5.10. The molecule has 0 spiro atoms. The van der Waals surface area contributed by atoms with E-state index >= 15 is 0 Å². The topological polar surface area (TPSA) is 39.7 Å². The maximum Gasteiger partial charge on any atom is 0.160 e. The monoisotopic (exact) mass is 403 g/mol. The summed E-state index contributed by atoms with van der Waals surface area (Å²) < 4.78 is 16.6. The molecule has 1 aromatic rings. The smallest absolute Gasteiger partial charge is 0.160 e. The second-order valence-corrected chi connectivity index (χ2v) is 9.50. The Morgan fingerprint density at radius 2 is 1.83 bits per heavy atom. The highest BCUT2D eigenvalue weighted by molar-refractivity contribution is 5.42. The minimum atomic E-state index is 0.603. The fourth-order valence-corrected chi connectivity index (χ4v) is 5.49. The molecule has 0 aliphatic heterocycles. The summed E-state index contributed by atoms with van der Waals surface area (Å²) in [6.45, 7) is 8.86. The summed E-state index contributed by atoms with van der Waals surface area (Å²) in [5, 5.41) is 3.54. The van der Waals surface area contributed by atoms with Gasteiger partial charge >= 0.3 is 0 Å². The zero-order valence-corrected chi connectivity index (χ0v) is 19.0. The molecule has 0 heterocycles. The Kier molecular flexibility index (Phi) is 8.25. The van der Waals surface area contributed by atoms with Crippen molar-refractivity contribution in [2.75, 3.05) is 40.5 Å². The lowest BCUT2D eigenvalue weighted by Crippen LogP contribution is -2.52. The molecule has 0 unspecified atom stereocenters. The van der Waals surface area contributed by atoms with Crippen LogP contribution in [0.3, 0.4) is 0 Å². The molecular formula is C25H41NO3. The van der Waals surface area contributed by atoms with Gasteiger partial charge in [0.1, 0.15) is 0 Å². The molecule has 0 saturated heterocycles. The molecule has 3 aliphatic rings. The summed E-state index contributed by atoms with van der Waals surface area (Å²) in [4.78, 5) is 0. The molecule has 4 heteroatoms. The van der Waals surface area contributed by atoms with Gasteiger partial charge in [-0.15, -0.1) is 0 Å². The van der Waals surface area contributed by atoms with E-state index < -0.39 is 0 Å². The van der Waals surface area contributed by atoms with Crippen LogP contribution in [0.5, 0.6) is 11.5 Å². The molecular weight excluding hydrogens is 362 g/mol. The molecule has 29 heavy (non-hydrogen) atoms. The lowest BCUT2D eigenvalue weighted by molar-refractivity contribution is -0.111. The summed E-state index contributed by atoms with van der Waals surface area (Å²) in [5.74, 6) is 4.46. The van der Waals surface area contributed by atoms with Gasteiger partial charge in [-0.1, -0.05) is 19.9 Å². The number of nitrogens with one attached hydrogen (secondary N) is 1. The van der Waals surface area contributed by atoms with E-state index in [0.717, 1.165) is 68.4 Å². The van der Waals surface area contributed by atoms with Crippen molar-refractivity contribution in [3.8, 4) is 11.5 Å². The molecule has 3 fully saturated rings. The number of benzene rings is 1. The lowest BCUT2D eigenvalue weighted by Gasteiger charge is -2.60. The summed E-state index contributed by atoms with van der Waals surface area (Å²) in [6.07, 6.45) is 8.95. The Bertz CT molecular complexity index is 628. The molecule has 164 valence electrons. The molecule has 1 aromatic carbocycles. The molecule has 4 rings (SSSR count). The van der Waals surface area contributed by atoms with Gasteiger partial charge < -0.3 is 19.5 Å². The van der Waals surface area contributed by atoms with Crippen LogP contribution in [-0.2, 0) is 11.2 Å². The number of rotatable bonds is 13. The molecule has 4 nitrogen and oxygen atoms in total.